The number of hydrogen-bond donors (Lipinski definition) is 3. The molecule has 0 bridgehead atoms. The second-order valence-corrected chi connectivity index (χ2v) is 9.69. The average Bonchev–Trinajstić information content (AvgIpc) is 2.90. The van der Waals surface area contributed by atoms with Crippen molar-refractivity contribution in [3.63, 3.8) is 0 Å². The van der Waals surface area contributed by atoms with Gasteiger partial charge in [-0.05, 0) is 55.9 Å². The van der Waals surface area contributed by atoms with Crippen LogP contribution in [0.5, 0.6) is 5.88 Å². The van der Waals surface area contributed by atoms with Crippen molar-refractivity contribution < 1.29 is 14.3 Å². The summed E-state index contributed by atoms with van der Waals surface area (Å²) in [6.07, 6.45) is 8.52. The van der Waals surface area contributed by atoms with Gasteiger partial charge in [0.1, 0.15) is 16.7 Å². The summed E-state index contributed by atoms with van der Waals surface area (Å²) >= 11 is 6.38. The fraction of sp³-hybridized carbons (Fsp3) is 0.357. The van der Waals surface area contributed by atoms with Crippen LogP contribution in [-0.4, -0.2) is 41.0 Å². The van der Waals surface area contributed by atoms with Crippen LogP contribution in [0.4, 0.5) is 0 Å². The number of rotatable bonds is 9. The zero-order valence-electron chi connectivity index (χ0n) is 20.8. The second kappa shape index (κ2) is 12.5. The molecule has 1 atom stereocenters. The highest BCUT2D eigenvalue weighted by Gasteiger charge is 2.20. The summed E-state index contributed by atoms with van der Waals surface area (Å²) in [4.78, 5) is 44.6. The van der Waals surface area contributed by atoms with E-state index >= 15 is 0 Å². The van der Waals surface area contributed by atoms with Gasteiger partial charge in [0, 0.05) is 31.4 Å². The number of aromatic amines is 1. The smallest absolute Gasteiger partial charge is 0.261 e. The lowest BCUT2D eigenvalue weighted by atomic mass is 9.98. The first-order valence-electron chi connectivity index (χ1n) is 12.5. The lowest BCUT2D eigenvalue weighted by Crippen LogP contribution is -2.37. The molecule has 2 heterocycles. The minimum absolute atomic E-state index is 0.0783. The van der Waals surface area contributed by atoms with Crippen molar-refractivity contribution in [3.8, 4) is 5.88 Å². The van der Waals surface area contributed by atoms with Gasteiger partial charge in [-0.25, -0.2) is 4.98 Å². The minimum Gasteiger partial charge on any atom is -0.473 e. The van der Waals surface area contributed by atoms with E-state index in [0.717, 1.165) is 31.2 Å². The number of H-pyrrole nitrogens is 1. The third-order valence-electron chi connectivity index (χ3n) is 6.59. The van der Waals surface area contributed by atoms with E-state index in [0.29, 0.717) is 22.0 Å². The van der Waals surface area contributed by atoms with Crippen LogP contribution in [0, 0.1) is 6.92 Å². The topological polar surface area (TPSA) is 113 Å². The van der Waals surface area contributed by atoms with Crippen LogP contribution >= 0.6 is 11.6 Å². The van der Waals surface area contributed by atoms with Gasteiger partial charge in [0.25, 0.3) is 17.4 Å². The molecule has 8 nitrogen and oxygen atoms in total. The molecule has 37 heavy (non-hydrogen) atoms. The van der Waals surface area contributed by atoms with E-state index in [-0.39, 0.29) is 36.6 Å². The maximum atomic E-state index is 12.9. The summed E-state index contributed by atoms with van der Waals surface area (Å²) in [5, 5.41) is 6.05. The van der Waals surface area contributed by atoms with Gasteiger partial charge in [-0.2, -0.15) is 0 Å². The van der Waals surface area contributed by atoms with Crippen molar-refractivity contribution in [2.24, 2.45) is 0 Å². The third-order valence-corrected chi connectivity index (χ3v) is 6.86. The monoisotopic (exact) mass is 522 g/mol. The molecule has 3 N–H and O–H groups in total. The number of nitrogens with one attached hydrogen (secondary N) is 3. The number of carbonyl (C=O) groups excluding carboxylic acids is 2. The largest absolute Gasteiger partial charge is 0.473 e. The Morgan fingerprint density at radius 1 is 1.08 bits per heavy atom. The number of hydrogen-bond acceptors (Lipinski definition) is 5. The first-order valence-corrected chi connectivity index (χ1v) is 12.9. The number of carbonyl (C=O) groups is 2. The average molecular weight is 523 g/mol. The summed E-state index contributed by atoms with van der Waals surface area (Å²) in [5.74, 6) is -0.673. The van der Waals surface area contributed by atoms with E-state index in [1.54, 1.807) is 19.1 Å². The van der Waals surface area contributed by atoms with Gasteiger partial charge < -0.3 is 20.4 Å². The number of aromatic nitrogens is 2. The number of benzene rings is 1. The predicted octanol–water partition coefficient (Wildman–Crippen LogP) is 4.39. The van der Waals surface area contributed by atoms with E-state index in [9.17, 15) is 14.4 Å². The molecule has 1 aliphatic carbocycles. The molecule has 2 amide bonds. The number of pyridine rings is 2. The zero-order valence-corrected chi connectivity index (χ0v) is 21.5. The molecular weight excluding hydrogens is 492 g/mol. The van der Waals surface area contributed by atoms with Crippen LogP contribution in [0.1, 0.15) is 69.9 Å². The highest BCUT2D eigenvalue weighted by Crippen LogP contribution is 2.28. The minimum atomic E-state index is -0.462. The molecule has 194 valence electrons. The molecule has 0 spiro atoms. The Labute approximate surface area is 220 Å². The first kappa shape index (κ1) is 26.4. The Morgan fingerprint density at radius 3 is 2.46 bits per heavy atom. The Bertz CT molecular complexity index is 1290. The molecule has 0 saturated heterocycles. The molecule has 9 heteroatoms. The van der Waals surface area contributed by atoms with Gasteiger partial charge in [-0.15, -0.1) is 0 Å². The van der Waals surface area contributed by atoms with Gasteiger partial charge >= 0.3 is 0 Å². The molecule has 1 unspecified atom stereocenters. The molecule has 1 aliphatic rings. The summed E-state index contributed by atoms with van der Waals surface area (Å²) in [6.45, 7) is 2.19. The van der Waals surface area contributed by atoms with Crippen LogP contribution in [-0.2, 0) is 0 Å². The van der Waals surface area contributed by atoms with Crippen LogP contribution in [0.25, 0.3) is 0 Å². The Balaban J connectivity index is 1.40. The number of amides is 2. The number of nitrogens with zero attached hydrogens (tertiary/aromatic N) is 1. The highest BCUT2D eigenvalue weighted by atomic mass is 35.5. The first-order chi connectivity index (χ1) is 17.9. The van der Waals surface area contributed by atoms with E-state index in [1.165, 1.54) is 18.8 Å². The predicted molar refractivity (Wildman–Crippen MR) is 142 cm³/mol. The highest BCUT2D eigenvalue weighted by molar-refractivity contribution is 6.32. The standard InChI is InChI=1S/C28H31ClN4O4/c1-18-12-13-30-26(35)24(18)27(36)32-17-21(19-8-4-2-5-9-19)16-31-25(34)20-14-23(29)28(33-15-20)37-22-10-6-3-7-11-22/h2,4-5,8-9,12-15,21-22H,3,6-7,10-11,16-17H2,1H3,(H,30,35)(H,31,34)(H,32,36). The van der Waals surface area contributed by atoms with Gasteiger partial charge in [0.05, 0.1) is 5.56 Å². The zero-order chi connectivity index (χ0) is 26.2. The van der Waals surface area contributed by atoms with Crippen molar-refractivity contribution in [2.75, 3.05) is 13.1 Å². The van der Waals surface area contributed by atoms with Crippen LogP contribution < -0.4 is 20.9 Å². The second-order valence-electron chi connectivity index (χ2n) is 9.28. The number of halogens is 1. The van der Waals surface area contributed by atoms with Crippen molar-refractivity contribution in [1.82, 2.24) is 20.6 Å². The molecular formula is C28H31ClN4O4. The van der Waals surface area contributed by atoms with Crippen molar-refractivity contribution >= 4 is 23.4 Å². The molecule has 3 aromatic rings. The summed E-state index contributed by atoms with van der Waals surface area (Å²) < 4.78 is 5.95. The van der Waals surface area contributed by atoms with Gasteiger partial charge in [0.15, 0.2) is 0 Å². The number of aryl methyl sites for hydroxylation is 1. The summed E-state index contributed by atoms with van der Waals surface area (Å²) in [6, 6.07) is 12.8. The van der Waals surface area contributed by atoms with E-state index in [2.05, 4.69) is 20.6 Å². The molecule has 2 aromatic heterocycles. The molecule has 1 fully saturated rings. The van der Waals surface area contributed by atoms with Crippen molar-refractivity contribution in [2.45, 2.75) is 51.0 Å². The molecule has 4 rings (SSSR count). The normalized spacial score (nSPS) is 14.5. The van der Waals surface area contributed by atoms with Crippen LogP contribution in [0.2, 0.25) is 5.02 Å². The van der Waals surface area contributed by atoms with Crippen LogP contribution in [0.3, 0.4) is 0 Å². The fourth-order valence-electron chi connectivity index (χ4n) is 4.49. The summed E-state index contributed by atoms with van der Waals surface area (Å²) in [5.41, 5.74) is 1.49. The van der Waals surface area contributed by atoms with Crippen molar-refractivity contribution in [1.29, 1.82) is 0 Å². The summed E-state index contributed by atoms with van der Waals surface area (Å²) in [7, 11) is 0. The van der Waals surface area contributed by atoms with Gasteiger partial charge in [-0.3, -0.25) is 14.4 Å². The van der Waals surface area contributed by atoms with E-state index in [4.69, 9.17) is 16.3 Å². The molecule has 1 saturated carbocycles. The van der Waals surface area contributed by atoms with E-state index < -0.39 is 11.5 Å². The van der Waals surface area contributed by atoms with Gasteiger partial charge in [-0.1, -0.05) is 48.4 Å². The van der Waals surface area contributed by atoms with Crippen molar-refractivity contribution in [3.05, 3.63) is 92.5 Å². The molecule has 1 aromatic carbocycles. The lowest BCUT2D eigenvalue weighted by Gasteiger charge is -2.23. The van der Waals surface area contributed by atoms with E-state index in [1.807, 2.05) is 30.3 Å². The maximum Gasteiger partial charge on any atom is 0.261 e. The maximum absolute atomic E-state index is 12.9. The lowest BCUT2D eigenvalue weighted by molar-refractivity contribution is 0.0946. The fourth-order valence-corrected chi connectivity index (χ4v) is 4.70. The Morgan fingerprint density at radius 2 is 1.78 bits per heavy atom. The quantitative estimate of drug-likeness (QED) is 0.386. The van der Waals surface area contributed by atoms with Gasteiger partial charge in [0.2, 0.25) is 5.88 Å². The molecule has 0 radical (unpaired) electrons. The SMILES string of the molecule is Cc1cc[nH]c(=O)c1C(=O)NCC(CNC(=O)c1cnc(OC2CCCCC2)c(Cl)c1)c1ccccc1. The number of ether oxygens (including phenoxy) is 1. The van der Waals surface area contributed by atoms with Crippen LogP contribution in [0.15, 0.2) is 59.7 Å². The molecule has 0 aliphatic heterocycles. The Kier molecular flexibility index (Phi) is 8.95. The Hall–Kier alpha value is -3.65. The third kappa shape index (κ3) is 6.98.